The Morgan fingerprint density at radius 1 is 1.23 bits per heavy atom. The van der Waals surface area contributed by atoms with Crippen molar-refractivity contribution in [3.63, 3.8) is 0 Å². The van der Waals surface area contributed by atoms with Gasteiger partial charge in [-0.2, -0.15) is 10.4 Å². The van der Waals surface area contributed by atoms with Gasteiger partial charge in [0, 0.05) is 17.8 Å². The minimum Gasteiger partial charge on any atom is -0.348 e. The van der Waals surface area contributed by atoms with E-state index in [1.54, 1.807) is 22.1 Å². The van der Waals surface area contributed by atoms with Crippen molar-refractivity contribution in [3.05, 3.63) is 65.2 Å². The van der Waals surface area contributed by atoms with Gasteiger partial charge in [0.15, 0.2) is 0 Å². The molecular weight excluding hydrogens is 392 g/mol. The Hall–Kier alpha value is -3.17. The average Bonchev–Trinajstić information content (AvgIpc) is 3.44. The molecule has 1 fully saturated rings. The highest BCUT2D eigenvalue weighted by atomic mass is 32.1. The Labute approximate surface area is 180 Å². The summed E-state index contributed by atoms with van der Waals surface area (Å²) >= 11 is 1.58. The summed E-state index contributed by atoms with van der Waals surface area (Å²) in [7, 11) is 0. The number of aromatic nitrogens is 2. The van der Waals surface area contributed by atoms with Gasteiger partial charge in [0.2, 0.25) is 0 Å². The van der Waals surface area contributed by atoms with Crippen molar-refractivity contribution < 1.29 is 4.79 Å². The predicted octanol–water partition coefficient (Wildman–Crippen LogP) is 5.20. The number of thiophene rings is 1. The second-order valence-electron chi connectivity index (χ2n) is 7.70. The highest BCUT2D eigenvalue weighted by Crippen LogP contribution is 2.29. The summed E-state index contributed by atoms with van der Waals surface area (Å²) in [4.78, 5) is 13.8. The van der Waals surface area contributed by atoms with Gasteiger partial charge < -0.3 is 5.32 Å². The monoisotopic (exact) mass is 416 g/mol. The van der Waals surface area contributed by atoms with Crippen LogP contribution in [0.3, 0.4) is 0 Å². The molecule has 1 saturated carbocycles. The van der Waals surface area contributed by atoms with E-state index in [9.17, 15) is 10.1 Å². The number of nitrogens with zero attached hydrogens (tertiary/aromatic N) is 3. The summed E-state index contributed by atoms with van der Waals surface area (Å²) in [5.74, 6) is 0.131. The molecule has 1 aliphatic rings. The fourth-order valence-corrected chi connectivity index (χ4v) is 4.62. The summed E-state index contributed by atoms with van der Waals surface area (Å²) in [6, 6.07) is 16.0. The van der Waals surface area contributed by atoms with Gasteiger partial charge in [0.1, 0.15) is 17.3 Å². The summed E-state index contributed by atoms with van der Waals surface area (Å²) in [6.07, 6.45) is 7.94. The lowest BCUT2D eigenvalue weighted by Gasteiger charge is -2.29. The number of amides is 1. The number of rotatable bonds is 5. The molecular formula is C24H24N4OS. The van der Waals surface area contributed by atoms with E-state index in [1.807, 2.05) is 54.0 Å². The van der Waals surface area contributed by atoms with Crippen LogP contribution in [0.25, 0.3) is 22.3 Å². The molecule has 2 heterocycles. The largest absolute Gasteiger partial charge is 0.348 e. The van der Waals surface area contributed by atoms with Gasteiger partial charge in [0.05, 0.1) is 10.6 Å². The Kier molecular flexibility index (Phi) is 6.10. The standard InChI is InChI=1S/C24H24N4OS/c1-17-8-5-6-11-21(17)26-24(29)18(15-25)14-19-16-28(20-9-3-2-4-10-20)27-23(19)22-12-7-13-30-22/h2-4,7,9-10,12-14,16-17,21H,5-6,8,11H2,1H3,(H,26,29)/b18-14+/t17-,21+/m0/s1. The molecule has 0 spiro atoms. The quantitative estimate of drug-likeness (QED) is 0.459. The third kappa shape index (κ3) is 4.37. The summed E-state index contributed by atoms with van der Waals surface area (Å²) in [6.45, 7) is 2.17. The van der Waals surface area contributed by atoms with Gasteiger partial charge in [-0.05, 0) is 48.4 Å². The molecule has 0 bridgehead atoms. The predicted molar refractivity (Wildman–Crippen MR) is 120 cm³/mol. The van der Waals surface area contributed by atoms with E-state index in [-0.39, 0.29) is 17.5 Å². The van der Waals surface area contributed by atoms with Crippen molar-refractivity contribution in [2.75, 3.05) is 0 Å². The number of para-hydroxylation sites is 1. The van der Waals surface area contributed by atoms with Crippen LogP contribution >= 0.6 is 11.3 Å². The average molecular weight is 417 g/mol. The molecule has 1 aromatic carbocycles. The molecule has 0 radical (unpaired) electrons. The molecule has 5 nitrogen and oxygen atoms in total. The van der Waals surface area contributed by atoms with Crippen LogP contribution in [0.2, 0.25) is 0 Å². The first kappa shape index (κ1) is 20.1. The summed E-state index contributed by atoms with van der Waals surface area (Å²) in [5, 5.41) is 19.5. The van der Waals surface area contributed by atoms with Crippen LogP contribution in [0.5, 0.6) is 0 Å². The minimum atomic E-state index is -0.305. The Balaban J connectivity index is 1.67. The Morgan fingerprint density at radius 2 is 2.03 bits per heavy atom. The van der Waals surface area contributed by atoms with Crippen molar-refractivity contribution in [1.29, 1.82) is 5.26 Å². The van der Waals surface area contributed by atoms with Gasteiger partial charge >= 0.3 is 0 Å². The van der Waals surface area contributed by atoms with Crippen LogP contribution in [0.1, 0.15) is 38.2 Å². The van der Waals surface area contributed by atoms with Crippen LogP contribution in [0, 0.1) is 17.2 Å². The van der Waals surface area contributed by atoms with Crippen molar-refractivity contribution in [3.8, 4) is 22.3 Å². The van der Waals surface area contributed by atoms with E-state index in [4.69, 9.17) is 5.10 Å². The number of nitriles is 1. The van der Waals surface area contributed by atoms with Crippen LogP contribution in [0.15, 0.2) is 59.6 Å². The number of hydrogen-bond acceptors (Lipinski definition) is 4. The van der Waals surface area contributed by atoms with E-state index in [0.29, 0.717) is 5.92 Å². The van der Waals surface area contributed by atoms with Crippen LogP contribution < -0.4 is 5.32 Å². The number of hydrogen-bond donors (Lipinski definition) is 1. The number of benzene rings is 1. The first-order chi connectivity index (χ1) is 14.7. The highest BCUT2D eigenvalue weighted by molar-refractivity contribution is 7.13. The van der Waals surface area contributed by atoms with Crippen LogP contribution in [-0.4, -0.2) is 21.7 Å². The zero-order valence-corrected chi connectivity index (χ0v) is 17.7. The number of nitrogens with one attached hydrogen (secondary N) is 1. The molecule has 1 aliphatic carbocycles. The fraction of sp³-hybridized carbons (Fsp3) is 0.292. The second kappa shape index (κ2) is 9.10. The lowest BCUT2D eigenvalue weighted by Crippen LogP contribution is -2.41. The van der Waals surface area contributed by atoms with Gasteiger partial charge in [-0.15, -0.1) is 11.3 Å². The number of carbonyl (C=O) groups excluding carboxylic acids is 1. The maximum atomic E-state index is 12.8. The van der Waals surface area contributed by atoms with Gasteiger partial charge in [-0.1, -0.05) is 44.0 Å². The number of carbonyl (C=O) groups is 1. The van der Waals surface area contributed by atoms with Crippen molar-refractivity contribution in [1.82, 2.24) is 15.1 Å². The molecule has 0 saturated heterocycles. The summed E-state index contributed by atoms with van der Waals surface area (Å²) < 4.78 is 1.79. The zero-order valence-electron chi connectivity index (χ0n) is 16.9. The molecule has 0 aliphatic heterocycles. The van der Waals surface area contributed by atoms with Crippen molar-refractivity contribution in [2.45, 2.75) is 38.6 Å². The molecule has 2 aromatic heterocycles. The smallest absolute Gasteiger partial charge is 0.262 e. The first-order valence-corrected chi connectivity index (χ1v) is 11.2. The molecule has 0 unspecified atom stereocenters. The normalized spacial score (nSPS) is 19.3. The lowest BCUT2D eigenvalue weighted by atomic mass is 9.86. The van der Waals surface area contributed by atoms with E-state index >= 15 is 0 Å². The molecule has 3 aromatic rings. The molecule has 152 valence electrons. The zero-order chi connectivity index (χ0) is 20.9. The first-order valence-electron chi connectivity index (χ1n) is 10.3. The van der Waals surface area contributed by atoms with Gasteiger partial charge in [-0.3, -0.25) is 4.79 Å². The van der Waals surface area contributed by atoms with Crippen molar-refractivity contribution >= 4 is 23.3 Å². The Bertz CT molecular complexity index is 1080. The molecule has 1 N–H and O–H groups in total. The maximum Gasteiger partial charge on any atom is 0.262 e. The fourth-order valence-electron chi connectivity index (χ4n) is 3.89. The van der Waals surface area contributed by atoms with Crippen molar-refractivity contribution in [2.24, 2.45) is 5.92 Å². The Morgan fingerprint density at radius 3 is 2.73 bits per heavy atom. The maximum absolute atomic E-state index is 12.8. The van der Waals surface area contributed by atoms with Crippen LogP contribution in [0.4, 0.5) is 0 Å². The van der Waals surface area contributed by atoms with E-state index in [0.717, 1.165) is 41.1 Å². The van der Waals surface area contributed by atoms with E-state index < -0.39 is 0 Å². The molecule has 30 heavy (non-hydrogen) atoms. The van der Waals surface area contributed by atoms with Gasteiger partial charge in [-0.25, -0.2) is 4.68 Å². The topological polar surface area (TPSA) is 70.7 Å². The third-order valence-corrected chi connectivity index (χ3v) is 6.49. The second-order valence-corrected chi connectivity index (χ2v) is 8.65. The highest BCUT2D eigenvalue weighted by Gasteiger charge is 2.24. The van der Waals surface area contributed by atoms with E-state index in [2.05, 4.69) is 18.3 Å². The molecule has 6 heteroatoms. The lowest BCUT2D eigenvalue weighted by molar-refractivity contribution is -0.118. The third-order valence-electron chi connectivity index (χ3n) is 5.61. The van der Waals surface area contributed by atoms with E-state index in [1.165, 1.54) is 6.42 Å². The summed E-state index contributed by atoms with van der Waals surface area (Å²) in [5.41, 5.74) is 2.55. The van der Waals surface area contributed by atoms with Gasteiger partial charge in [0.25, 0.3) is 5.91 Å². The molecule has 1 amide bonds. The SMILES string of the molecule is C[C@H]1CCCC[C@H]1NC(=O)/C(C#N)=C/c1cn(-c2ccccc2)nc1-c1cccs1. The van der Waals surface area contributed by atoms with Crippen LogP contribution in [-0.2, 0) is 4.79 Å². The molecule has 2 atom stereocenters. The molecule has 4 rings (SSSR count). The minimum absolute atomic E-state index is 0.109.